The van der Waals surface area contributed by atoms with Crippen molar-refractivity contribution in [1.29, 1.82) is 0 Å². The lowest BCUT2D eigenvalue weighted by Gasteiger charge is -2.14. The molecule has 1 N–H and O–H groups in total. The molecule has 0 bridgehead atoms. The van der Waals surface area contributed by atoms with Crippen LogP contribution < -0.4 is 0 Å². The molecule has 1 aromatic carbocycles. The summed E-state index contributed by atoms with van der Waals surface area (Å²) < 4.78 is 40.4. The number of rotatable bonds is 12. The summed E-state index contributed by atoms with van der Waals surface area (Å²) in [7, 11) is -4.19. The minimum Gasteiger partial charge on any atom is -0.282 e. The van der Waals surface area contributed by atoms with Crippen LogP contribution in [0.5, 0.6) is 0 Å². The predicted octanol–water partition coefficient (Wildman–Crippen LogP) is 3.67. The molecular formula is C13H16O7S3. The first-order valence-corrected chi connectivity index (χ1v) is 9.28. The topological polar surface area (TPSA) is 91.3 Å². The van der Waals surface area contributed by atoms with Crippen LogP contribution in [-0.2, 0) is 35.0 Å². The summed E-state index contributed by atoms with van der Waals surface area (Å²) in [6.07, 6.45) is 0.0672. The van der Waals surface area contributed by atoms with Gasteiger partial charge in [0, 0.05) is 6.42 Å². The van der Waals surface area contributed by atoms with Crippen LogP contribution in [0.15, 0.2) is 53.1 Å². The molecule has 0 aliphatic carbocycles. The molecule has 23 heavy (non-hydrogen) atoms. The summed E-state index contributed by atoms with van der Waals surface area (Å²) in [5, 5.41) is 2.87. The molecule has 10 heteroatoms. The van der Waals surface area contributed by atoms with Crippen LogP contribution >= 0.6 is 24.1 Å². The largest absolute Gasteiger partial charge is 0.294 e. The fourth-order valence-electron chi connectivity index (χ4n) is 1.41. The van der Waals surface area contributed by atoms with E-state index >= 15 is 0 Å². The van der Waals surface area contributed by atoms with Crippen molar-refractivity contribution in [1.82, 2.24) is 0 Å². The maximum absolute atomic E-state index is 11.0. The minimum absolute atomic E-state index is 0.165. The van der Waals surface area contributed by atoms with Crippen LogP contribution in [0.2, 0.25) is 0 Å². The summed E-state index contributed by atoms with van der Waals surface area (Å²) >= 11 is 1.77. The van der Waals surface area contributed by atoms with Crippen LogP contribution in [0.4, 0.5) is 0 Å². The molecule has 0 saturated carbocycles. The fourth-order valence-corrected chi connectivity index (χ4v) is 2.27. The Labute approximate surface area is 143 Å². The Hall–Kier alpha value is -0.850. The molecule has 0 heterocycles. The molecule has 0 aliphatic heterocycles. The van der Waals surface area contributed by atoms with Gasteiger partial charge in [-0.3, -0.25) is 4.55 Å². The van der Waals surface area contributed by atoms with Gasteiger partial charge >= 0.3 is 0 Å². The van der Waals surface area contributed by atoms with E-state index in [1.807, 2.05) is 0 Å². The van der Waals surface area contributed by atoms with Crippen molar-refractivity contribution < 1.29 is 31.4 Å². The zero-order valence-electron chi connectivity index (χ0n) is 12.0. The second-order valence-corrected chi connectivity index (χ2v) is 6.69. The van der Waals surface area contributed by atoms with E-state index in [-0.39, 0.29) is 4.90 Å². The van der Waals surface area contributed by atoms with Crippen molar-refractivity contribution in [3.63, 3.8) is 0 Å². The first kappa shape index (κ1) is 20.2. The van der Waals surface area contributed by atoms with Crippen molar-refractivity contribution in [2.45, 2.75) is 24.0 Å². The molecule has 0 radical (unpaired) electrons. The highest BCUT2D eigenvalue weighted by molar-refractivity contribution is 7.97. The van der Waals surface area contributed by atoms with Gasteiger partial charge in [-0.05, 0) is 34.9 Å². The number of hydrogen-bond acceptors (Lipinski definition) is 8. The summed E-state index contributed by atoms with van der Waals surface area (Å²) in [5.41, 5.74) is 0.822. The molecule has 7 nitrogen and oxygen atoms in total. The van der Waals surface area contributed by atoms with Gasteiger partial charge in [-0.2, -0.15) is 26.9 Å². The summed E-state index contributed by atoms with van der Waals surface area (Å²) in [4.78, 5) is 9.81. The average Bonchev–Trinajstić information content (AvgIpc) is 2.52. The predicted molar refractivity (Wildman–Crippen MR) is 88.3 cm³/mol. The van der Waals surface area contributed by atoms with Crippen molar-refractivity contribution in [2.75, 3.05) is 0 Å². The number of aryl methyl sites for hydroxylation is 1. The van der Waals surface area contributed by atoms with Gasteiger partial charge in [0.2, 0.25) is 6.29 Å². The standard InChI is InChI=1S/C13H16O7S3/c1-3-21-19-17-13(18-20-22-4-2)10-7-11-5-8-12(9-6-11)23(14,15)16/h3-6,8-9,13H,1-2,7,10H2,(H,14,15,16). The first-order valence-electron chi connectivity index (χ1n) is 6.23. The van der Waals surface area contributed by atoms with Gasteiger partial charge in [-0.25, -0.2) is 0 Å². The normalized spacial score (nSPS) is 11.6. The van der Waals surface area contributed by atoms with Crippen LogP contribution in [-0.4, -0.2) is 19.3 Å². The first-order chi connectivity index (χ1) is 11.0. The van der Waals surface area contributed by atoms with E-state index in [0.29, 0.717) is 12.8 Å². The number of benzene rings is 1. The maximum Gasteiger partial charge on any atom is 0.294 e. The van der Waals surface area contributed by atoms with Gasteiger partial charge in [0.1, 0.15) is 0 Å². The highest BCUT2D eigenvalue weighted by Crippen LogP contribution is 2.17. The molecule has 0 amide bonds. The van der Waals surface area contributed by atoms with Crippen molar-refractivity contribution in [3.8, 4) is 0 Å². The lowest BCUT2D eigenvalue weighted by Crippen LogP contribution is -2.16. The lowest BCUT2D eigenvalue weighted by atomic mass is 10.1. The van der Waals surface area contributed by atoms with E-state index < -0.39 is 16.4 Å². The van der Waals surface area contributed by atoms with E-state index in [4.69, 9.17) is 23.0 Å². The zero-order valence-corrected chi connectivity index (χ0v) is 14.4. The van der Waals surface area contributed by atoms with Crippen LogP contribution in [0.3, 0.4) is 0 Å². The third-order valence-corrected chi connectivity index (χ3v) is 3.85. The average molecular weight is 380 g/mol. The molecular weight excluding hydrogens is 364 g/mol. The smallest absolute Gasteiger partial charge is 0.282 e. The van der Waals surface area contributed by atoms with Crippen LogP contribution in [0, 0.1) is 0 Å². The van der Waals surface area contributed by atoms with Gasteiger partial charge in [0.15, 0.2) is 0 Å². The Bertz CT molecular complexity index is 572. The van der Waals surface area contributed by atoms with Crippen LogP contribution in [0.1, 0.15) is 12.0 Å². The Morgan fingerprint density at radius 2 is 1.61 bits per heavy atom. The zero-order chi connectivity index (χ0) is 17.1. The molecule has 1 rings (SSSR count). The van der Waals surface area contributed by atoms with Gasteiger partial charge in [0.05, 0.1) is 29.0 Å². The molecule has 0 aromatic heterocycles. The SMILES string of the molecule is C=CSOOC(CCc1ccc(S(=O)(=O)O)cc1)OOSC=C. The monoisotopic (exact) mass is 380 g/mol. The maximum atomic E-state index is 11.0. The van der Waals surface area contributed by atoms with Crippen molar-refractivity contribution in [2.24, 2.45) is 0 Å². The van der Waals surface area contributed by atoms with Gasteiger partial charge < -0.3 is 0 Å². The van der Waals surface area contributed by atoms with Gasteiger partial charge in [0.25, 0.3) is 10.1 Å². The van der Waals surface area contributed by atoms with E-state index in [2.05, 4.69) is 13.2 Å². The molecule has 0 aliphatic rings. The molecule has 1 aromatic rings. The Morgan fingerprint density at radius 3 is 2.04 bits per heavy atom. The number of hydrogen-bond donors (Lipinski definition) is 1. The Kier molecular flexibility index (Phi) is 9.52. The Balaban J connectivity index is 2.54. The van der Waals surface area contributed by atoms with Crippen LogP contribution in [0.25, 0.3) is 0 Å². The Morgan fingerprint density at radius 1 is 1.09 bits per heavy atom. The molecule has 128 valence electrons. The molecule has 0 saturated heterocycles. The van der Waals surface area contributed by atoms with Crippen molar-refractivity contribution in [3.05, 3.63) is 53.8 Å². The molecule has 0 fully saturated rings. The summed E-state index contributed by atoms with van der Waals surface area (Å²) in [5.74, 6) is 0. The van der Waals surface area contributed by atoms with E-state index in [0.717, 1.165) is 29.6 Å². The van der Waals surface area contributed by atoms with E-state index in [1.54, 1.807) is 12.1 Å². The van der Waals surface area contributed by atoms with E-state index in [1.165, 1.54) is 22.9 Å². The summed E-state index contributed by atoms with van der Waals surface area (Å²) in [6, 6.07) is 5.79. The van der Waals surface area contributed by atoms with Gasteiger partial charge in [-0.1, -0.05) is 25.3 Å². The molecule has 0 atom stereocenters. The lowest BCUT2D eigenvalue weighted by molar-refractivity contribution is -0.391. The second kappa shape index (κ2) is 10.8. The second-order valence-electron chi connectivity index (χ2n) is 3.94. The van der Waals surface area contributed by atoms with Gasteiger partial charge in [-0.15, -0.1) is 0 Å². The van der Waals surface area contributed by atoms with E-state index in [9.17, 15) is 8.42 Å². The molecule has 0 spiro atoms. The molecule has 0 unspecified atom stereocenters. The van der Waals surface area contributed by atoms with Crippen molar-refractivity contribution >= 4 is 34.2 Å². The highest BCUT2D eigenvalue weighted by atomic mass is 32.2. The fraction of sp³-hybridized carbons (Fsp3) is 0.231. The summed E-state index contributed by atoms with van der Waals surface area (Å²) in [6.45, 7) is 6.91. The quantitative estimate of drug-likeness (QED) is 0.146. The third-order valence-electron chi connectivity index (χ3n) is 2.40. The minimum atomic E-state index is -4.19. The highest BCUT2D eigenvalue weighted by Gasteiger charge is 2.14. The third kappa shape index (κ3) is 8.53.